The Balaban J connectivity index is 1.69. The second-order valence-electron chi connectivity index (χ2n) is 4.81. The van der Waals surface area contributed by atoms with Gasteiger partial charge in [0.15, 0.2) is 5.96 Å². The molecule has 3 heteroatoms. The average molecular weight is 209 g/mol. The summed E-state index contributed by atoms with van der Waals surface area (Å²) in [6.45, 7) is 4.24. The molecule has 1 saturated carbocycles. The maximum Gasteiger partial charge on any atom is 0.191 e. The summed E-state index contributed by atoms with van der Waals surface area (Å²) in [4.78, 5) is 4.38. The monoisotopic (exact) mass is 209 g/mol. The van der Waals surface area contributed by atoms with Crippen molar-refractivity contribution in [3.63, 3.8) is 0 Å². The van der Waals surface area contributed by atoms with E-state index in [1.165, 1.54) is 38.5 Å². The summed E-state index contributed by atoms with van der Waals surface area (Å²) in [6, 6.07) is 0.669. The minimum absolute atomic E-state index is 0.669. The molecule has 2 aliphatic rings. The number of hydrogen-bond donors (Lipinski definition) is 2. The predicted molar refractivity (Wildman–Crippen MR) is 64.1 cm³/mol. The summed E-state index contributed by atoms with van der Waals surface area (Å²) in [6.07, 6.45) is 8.22. The fraction of sp³-hybridized carbons (Fsp3) is 0.917. The number of hydrogen-bond acceptors (Lipinski definition) is 3. The Morgan fingerprint density at radius 1 is 1.33 bits per heavy atom. The van der Waals surface area contributed by atoms with E-state index in [2.05, 4.69) is 22.5 Å². The molecule has 0 saturated heterocycles. The third-order valence-electron chi connectivity index (χ3n) is 3.56. The molecule has 86 valence electrons. The van der Waals surface area contributed by atoms with Gasteiger partial charge in [0.25, 0.3) is 0 Å². The zero-order valence-corrected chi connectivity index (χ0v) is 9.76. The molecule has 0 aromatic carbocycles. The summed E-state index contributed by atoms with van der Waals surface area (Å²) in [5, 5.41) is 6.80. The van der Waals surface area contributed by atoms with Crippen LogP contribution in [0.2, 0.25) is 0 Å². The van der Waals surface area contributed by atoms with E-state index in [-0.39, 0.29) is 0 Å². The summed E-state index contributed by atoms with van der Waals surface area (Å²) < 4.78 is 0. The summed E-state index contributed by atoms with van der Waals surface area (Å²) in [5.74, 6) is 2.03. The molecule has 3 nitrogen and oxygen atoms in total. The molecule has 0 amide bonds. The fourth-order valence-electron chi connectivity index (χ4n) is 2.69. The molecule has 1 fully saturated rings. The summed E-state index contributed by atoms with van der Waals surface area (Å²) in [5.41, 5.74) is 0. The van der Waals surface area contributed by atoms with E-state index in [0.717, 1.165) is 25.0 Å². The van der Waals surface area contributed by atoms with Gasteiger partial charge in [-0.05, 0) is 31.6 Å². The number of rotatable bonds is 3. The predicted octanol–water partition coefficient (Wildman–Crippen LogP) is 1.89. The van der Waals surface area contributed by atoms with E-state index in [4.69, 9.17) is 0 Å². The van der Waals surface area contributed by atoms with Crippen molar-refractivity contribution in [2.24, 2.45) is 10.9 Å². The van der Waals surface area contributed by atoms with Crippen LogP contribution >= 0.6 is 0 Å². The van der Waals surface area contributed by atoms with Gasteiger partial charge >= 0.3 is 0 Å². The van der Waals surface area contributed by atoms with Crippen LogP contribution in [0.1, 0.15) is 45.4 Å². The van der Waals surface area contributed by atoms with Crippen LogP contribution in [0.5, 0.6) is 0 Å². The topological polar surface area (TPSA) is 36.4 Å². The molecule has 2 rings (SSSR count). The molecule has 0 radical (unpaired) electrons. The fourth-order valence-corrected chi connectivity index (χ4v) is 2.69. The minimum Gasteiger partial charge on any atom is -0.355 e. The van der Waals surface area contributed by atoms with Crippen molar-refractivity contribution < 1.29 is 0 Å². The zero-order valence-electron chi connectivity index (χ0n) is 9.76. The molecule has 2 N–H and O–H groups in total. The highest BCUT2D eigenvalue weighted by Gasteiger charge is 2.21. The average Bonchev–Trinajstić information content (AvgIpc) is 2.74. The minimum atomic E-state index is 0.669. The van der Waals surface area contributed by atoms with Gasteiger partial charge in [0.05, 0.1) is 6.54 Å². The highest BCUT2D eigenvalue weighted by atomic mass is 15.2. The number of nitrogens with one attached hydrogen (secondary N) is 2. The van der Waals surface area contributed by atoms with Crippen LogP contribution in [0.3, 0.4) is 0 Å². The Morgan fingerprint density at radius 3 is 2.73 bits per heavy atom. The van der Waals surface area contributed by atoms with E-state index in [0.29, 0.717) is 6.04 Å². The van der Waals surface area contributed by atoms with E-state index < -0.39 is 0 Å². The molecule has 0 aromatic heterocycles. The van der Waals surface area contributed by atoms with Crippen LogP contribution in [-0.2, 0) is 0 Å². The first-order chi connectivity index (χ1) is 7.38. The van der Waals surface area contributed by atoms with Gasteiger partial charge < -0.3 is 10.6 Å². The van der Waals surface area contributed by atoms with Crippen LogP contribution < -0.4 is 10.6 Å². The van der Waals surface area contributed by atoms with E-state index >= 15 is 0 Å². The van der Waals surface area contributed by atoms with Gasteiger partial charge in [0.2, 0.25) is 0 Å². The van der Waals surface area contributed by atoms with E-state index in [1.807, 2.05) is 0 Å². The van der Waals surface area contributed by atoms with E-state index in [1.54, 1.807) is 0 Å². The molecule has 1 heterocycles. The van der Waals surface area contributed by atoms with Crippen LogP contribution in [0.25, 0.3) is 0 Å². The zero-order chi connectivity index (χ0) is 10.5. The SMILES string of the molecule is CCCC1CCC(NC2=NCCN2)CC1. The van der Waals surface area contributed by atoms with Crippen molar-refractivity contribution in [1.82, 2.24) is 10.6 Å². The van der Waals surface area contributed by atoms with Gasteiger partial charge in [-0.1, -0.05) is 19.8 Å². The molecule has 1 aliphatic carbocycles. The van der Waals surface area contributed by atoms with Gasteiger partial charge in [-0.25, -0.2) is 0 Å². The van der Waals surface area contributed by atoms with Crippen LogP contribution in [-0.4, -0.2) is 25.1 Å². The quantitative estimate of drug-likeness (QED) is 0.745. The van der Waals surface area contributed by atoms with Gasteiger partial charge in [0.1, 0.15) is 0 Å². The van der Waals surface area contributed by atoms with Crippen molar-refractivity contribution in [2.75, 3.05) is 13.1 Å². The molecule has 1 aliphatic heterocycles. The van der Waals surface area contributed by atoms with Gasteiger partial charge in [-0.3, -0.25) is 4.99 Å². The summed E-state index contributed by atoms with van der Waals surface area (Å²) in [7, 11) is 0. The van der Waals surface area contributed by atoms with Crippen LogP contribution in [0, 0.1) is 5.92 Å². The maximum absolute atomic E-state index is 4.38. The van der Waals surface area contributed by atoms with Crippen molar-refractivity contribution in [1.29, 1.82) is 0 Å². The van der Waals surface area contributed by atoms with Crippen LogP contribution in [0.15, 0.2) is 4.99 Å². The number of aliphatic imine (C=N–C) groups is 1. The summed E-state index contributed by atoms with van der Waals surface area (Å²) >= 11 is 0. The lowest BCUT2D eigenvalue weighted by molar-refractivity contribution is 0.295. The maximum atomic E-state index is 4.38. The first-order valence-corrected chi connectivity index (χ1v) is 6.43. The standard InChI is InChI=1S/C12H23N3/c1-2-3-10-4-6-11(7-5-10)15-12-13-8-9-14-12/h10-11H,2-9H2,1H3,(H2,13,14,15). The molecule has 0 bridgehead atoms. The largest absolute Gasteiger partial charge is 0.355 e. The second-order valence-corrected chi connectivity index (χ2v) is 4.81. The Bertz CT molecular complexity index is 217. The van der Waals surface area contributed by atoms with Crippen molar-refractivity contribution in [3.05, 3.63) is 0 Å². The van der Waals surface area contributed by atoms with Crippen LogP contribution in [0.4, 0.5) is 0 Å². The molecular formula is C12H23N3. The number of nitrogens with zero attached hydrogens (tertiary/aromatic N) is 1. The lowest BCUT2D eigenvalue weighted by atomic mass is 9.83. The molecular weight excluding hydrogens is 186 g/mol. The first-order valence-electron chi connectivity index (χ1n) is 6.43. The third-order valence-corrected chi connectivity index (χ3v) is 3.56. The second kappa shape index (κ2) is 5.38. The normalized spacial score (nSPS) is 30.9. The number of guanidine groups is 1. The highest BCUT2D eigenvalue weighted by molar-refractivity contribution is 5.81. The highest BCUT2D eigenvalue weighted by Crippen LogP contribution is 2.27. The molecule has 0 unspecified atom stereocenters. The third kappa shape index (κ3) is 3.11. The molecule has 0 spiro atoms. The Hall–Kier alpha value is -0.730. The lowest BCUT2D eigenvalue weighted by Gasteiger charge is -2.29. The van der Waals surface area contributed by atoms with Crippen molar-refractivity contribution >= 4 is 5.96 Å². The van der Waals surface area contributed by atoms with E-state index in [9.17, 15) is 0 Å². The van der Waals surface area contributed by atoms with Crippen molar-refractivity contribution in [2.45, 2.75) is 51.5 Å². The Morgan fingerprint density at radius 2 is 2.13 bits per heavy atom. The Labute approximate surface area is 92.7 Å². The Kier molecular flexibility index (Phi) is 3.87. The van der Waals surface area contributed by atoms with Gasteiger partial charge in [0, 0.05) is 12.6 Å². The lowest BCUT2D eigenvalue weighted by Crippen LogP contribution is -2.42. The van der Waals surface area contributed by atoms with Gasteiger partial charge in [-0.15, -0.1) is 0 Å². The molecule has 0 aromatic rings. The van der Waals surface area contributed by atoms with Gasteiger partial charge in [-0.2, -0.15) is 0 Å². The first kappa shape index (κ1) is 10.8. The smallest absolute Gasteiger partial charge is 0.191 e. The molecule has 0 atom stereocenters. The van der Waals surface area contributed by atoms with Crippen molar-refractivity contribution in [3.8, 4) is 0 Å². The molecule has 15 heavy (non-hydrogen) atoms.